The number of hydrogen-bond donors (Lipinski definition) is 1. The number of morpholine rings is 1. The molecule has 0 atom stereocenters. The van der Waals surface area contributed by atoms with Gasteiger partial charge in [-0.2, -0.15) is 0 Å². The smallest absolute Gasteiger partial charge is 0.0594 e. The lowest BCUT2D eigenvalue weighted by Crippen LogP contribution is -2.47. The molecule has 0 aromatic rings. The molecule has 0 spiro atoms. The van der Waals surface area contributed by atoms with Crippen molar-refractivity contribution in [2.45, 2.75) is 44.7 Å². The van der Waals surface area contributed by atoms with E-state index in [-0.39, 0.29) is 0 Å². The molecule has 1 N–H and O–H groups in total. The number of nitrogens with zero attached hydrogens (tertiary/aromatic N) is 1. The maximum Gasteiger partial charge on any atom is 0.0594 e. The minimum absolute atomic E-state index is 0.785. The Bertz CT molecular complexity index is 172. The Morgan fingerprint density at radius 1 is 1.13 bits per heavy atom. The summed E-state index contributed by atoms with van der Waals surface area (Å²) in [5, 5.41) is 3.56. The molecule has 0 radical (unpaired) electrons. The Kier molecular flexibility index (Phi) is 4.42. The van der Waals surface area contributed by atoms with Gasteiger partial charge in [0, 0.05) is 25.2 Å². The Balaban J connectivity index is 1.72. The van der Waals surface area contributed by atoms with Crippen molar-refractivity contribution in [3.8, 4) is 0 Å². The summed E-state index contributed by atoms with van der Waals surface area (Å²) < 4.78 is 5.40. The van der Waals surface area contributed by atoms with E-state index in [1.807, 2.05) is 0 Å². The zero-order chi connectivity index (χ0) is 10.5. The van der Waals surface area contributed by atoms with Gasteiger partial charge in [0.25, 0.3) is 0 Å². The first-order valence-electron chi connectivity index (χ1n) is 6.45. The zero-order valence-electron chi connectivity index (χ0n) is 9.87. The van der Waals surface area contributed by atoms with Gasteiger partial charge in [0.05, 0.1) is 13.2 Å². The molecule has 88 valence electrons. The fraction of sp³-hybridized carbons (Fsp3) is 1.00. The molecule has 0 bridgehead atoms. The Morgan fingerprint density at radius 3 is 2.40 bits per heavy atom. The molecule has 0 unspecified atom stereocenters. The molecular formula is C12H24N2O. The van der Waals surface area contributed by atoms with E-state index in [1.165, 1.54) is 25.7 Å². The van der Waals surface area contributed by atoms with Gasteiger partial charge in [-0.05, 0) is 32.2 Å². The van der Waals surface area contributed by atoms with Gasteiger partial charge < -0.3 is 10.1 Å². The Morgan fingerprint density at radius 2 is 1.80 bits per heavy atom. The summed E-state index contributed by atoms with van der Waals surface area (Å²) in [6.45, 7) is 7.49. The third-order valence-electron chi connectivity index (χ3n) is 3.75. The van der Waals surface area contributed by atoms with E-state index in [2.05, 4.69) is 17.1 Å². The van der Waals surface area contributed by atoms with Gasteiger partial charge >= 0.3 is 0 Å². The van der Waals surface area contributed by atoms with Crippen molar-refractivity contribution in [3.63, 3.8) is 0 Å². The highest BCUT2D eigenvalue weighted by atomic mass is 16.5. The van der Waals surface area contributed by atoms with E-state index in [1.54, 1.807) is 0 Å². The first-order valence-corrected chi connectivity index (χ1v) is 6.45. The van der Waals surface area contributed by atoms with Crippen LogP contribution < -0.4 is 5.32 Å². The summed E-state index contributed by atoms with van der Waals surface area (Å²) in [7, 11) is 0. The molecule has 2 aliphatic rings. The van der Waals surface area contributed by atoms with Crippen LogP contribution in [0, 0.1) is 0 Å². The summed E-state index contributed by atoms with van der Waals surface area (Å²) in [6.07, 6.45) is 5.46. The largest absolute Gasteiger partial charge is 0.379 e. The van der Waals surface area contributed by atoms with E-state index in [0.717, 1.165) is 44.9 Å². The topological polar surface area (TPSA) is 24.5 Å². The summed E-state index contributed by atoms with van der Waals surface area (Å²) in [4.78, 5) is 2.63. The lowest BCUT2D eigenvalue weighted by Gasteiger charge is -2.38. The normalized spacial score (nSPS) is 34.2. The van der Waals surface area contributed by atoms with Crippen molar-refractivity contribution in [2.24, 2.45) is 0 Å². The predicted octanol–water partition coefficient (Wildman–Crippen LogP) is 1.24. The third-order valence-corrected chi connectivity index (χ3v) is 3.75. The van der Waals surface area contributed by atoms with Gasteiger partial charge in [0.15, 0.2) is 0 Å². The van der Waals surface area contributed by atoms with Gasteiger partial charge in [0.1, 0.15) is 0 Å². The molecule has 0 aromatic carbocycles. The molecule has 1 aliphatic heterocycles. The molecule has 0 aromatic heterocycles. The fourth-order valence-electron chi connectivity index (χ4n) is 2.88. The lowest BCUT2D eigenvalue weighted by molar-refractivity contribution is 0.00662. The highest BCUT2D eigenvalue weighted by Crippen LogP contribution is 2.23. The average Bonchev–Trinajstić information content (AvgIpc) is 2.32. The number of ether oxygens (including phenoxy) is 1. The average molecular weight is 212 g/mol. The van der Waals surface area contributed by atoms with Crippen LogP contribution in [0.15, 0.2) is 0 Å². The van der Waals surface area contributed by atoms with Crippen molar-refractivity contribution in [1.29, 1.82) is 0 Å². The van der Waals surface area contributed by atoms with Crippen molar-refractivity contribution < 1.29 is 4.74 Å². The Labute approximate surface area is 93.2 Å². The highest BCUT2D eigenvalue weighted by molar-refractivity contribution is 4.83. The van der Waals surface area contributed by atoms with Crippen molar-refractivity contribution in [3.05, 3.63) is 0 Å². The van der Waals surface area contributed by atoms with Crippen LogP contribution >= 0.6 is 0 Å². The van der Waals surface area contributed by atoms with Gasteiger partial charge in [-0.25, -0.2) is 0 Å². The van der Waals surface area contributed by atoms with Crippen LogP contribution in [0.2, 0.25) is 0 Å². The van der Waals surface area contributed by atoms with Crippen LogP contribution in [0.5, 0.6) is 0 Å². The zero-order valence-corrected chi connectivity index (χ0v) is 9.87. The van der Waals surface area contributed by atoms with E-state index in [0.29, 0.717) is 0 Å². The van der Waals surface area contributed by atoms with Gasteiger partial charge in [-0.1, -0.05) is 6.92 Å². The number of hydrogen-bond acceptors (Lipinski definition) is 3. The molecule has 15 heavy (non-hydrogen) atoms. The fourth-order valence-corrected chi connectivity index (χ4v) is 2.88. The van der Waals surface area contributed by atoms with E-state index in [9.17, 15) is 0 Å². The summed E-state index contributed by atoms with van der Waals surface area (Å²) >= 11 is 0. The SMILES string of the molecule is CCN[C@H]1CC[C@@H](N2CCOCC2)CC1. The second-order valence-corrected chi connectivity index (χ2v) is 4.71. The molecular weight excluding hydrogens is 188 g/mol. The predicted molar refractivity (Wildman–Crippen MR) is 62.1 cm³/mol. The van der Waals surface area contributed by atoms with Crippen LogP contribution in [0.1, 0.15) is 32.6 Å². The molecule has 3 heteroatoms. The quantitative estimate of drug-likeness (QED) is 0.762. The summed E-state index contributed by atoms with van der Waals surface area (Å²) in [5.74, 6) is 0. The van der Waals surface area contributed by atoms with Crippen molar-refractivity contribution >= 4 is 0 Å². The third kappa shape index (κ3) is 3.16. The summed E-state index contributed by atoms with van der Waals surface area (Å²) in [5.41, 5.74) is 0. The van der Waals surface area contributed by atoms with Gasteiger partial charge in [-0.3, -0.25) is 4.90 Å². The number of rotatable bonds is 3. The molecule has 0 amide bonds. The van der Waals surface area contributed by atoms with Crippen LogP contribution in [-0.2, 0) is 4.74 Å². The van der Waals surface area contributed by atoms with Crippen molar-refractivity contribution in [2.75, 3.05) is 32.8 Å². The molecule has 1 saturated heterocycles. The first kappa shape index (κ1) is 11.4. The van der Waals surface area contributed by atoms with E-state index < -0.39 is 0 Å². The minimum Gasteiger partial charge on any atom is -0.379 e. The van der Waals surface area contributed by atoms with Crippen LogP contribution in [-0.4, -0.2) is 49.8 Å². The molecule has 1 heterocycles. The second kappa shape index (κ2) is 5.83. The first-order chi connectivity index (χ1) is 7.40. The van der Waals surface area contributed by atoms with Gasteiger partial charge in [-0.15, -0.1) is 0 Å². The monoisotopic (exact) mass is 212 g/mol. The van der Waals surface area contributed by atoms with Gasteiger partial charge in [0.2, 0.25) is 0 Å². The van der Waals surface area contributed by atoms with Crippen LogP contribution in [0.25, 0.3) is 0 Å². The van der Waals surface area contributed by atoms with E-state index in [4.69, 9.17) is 4.74 Å². The standard InChI is InChI=1S/C12H24N2O/c1-2-13-11-3-5-12(6-4-11)14-7-9-15-10-8-14/h11-13H,2-10H2,1H3/t11-,12+. The second-order valence-electron chi connectivity index (χ2n) is 4.71. The lowest BCUT2D eigenvalue weighted by atomic mass is 9.90. The maximum atomic E-state index is 5.40. The molecule has 1 saturated carbocycles. The van der Waals surface area contributed by atoms with Crippen molar-refractivity contribution in [1.82, 2.24) is 10.2 Å². The Hall–Kier alpha value is -0.120. The molecule has 3 nitrogen and oxygen atoms in total. The van der Waals surface area contributed by atoms with Crippen LogP contribution in [0.3, 0.4) is 0 Å². The highest BCUT2D eigenvalue weighted by Gasteiger charge is 2.26. The molecule has 2 rings (SSSR count). The molecule has 1 aliphatic carbocycles. The van der Waals surface area contributed by atoms with Crippen LogP contribution in [0.4, 0.5) is 0 Å². The van der Waals surface area contributed by atoms with E-state index >= 15 is 0 Å². The summed E-state index contributed by atoms with van der Waals surface area (Å²) in [6, 6.07) is 1.62. The number of nitrogens with one attached hydrogen (secondary N) is 1. The maximum absolute atomic E-state index is 5.40. The minimum atomic E-state index is 0.785. The molecule has 2 fully saturated rings.